The molecule has 0 bridgehead atoms. The second-order valence-corrected chi connectivity index (χ2v) is 5.60. The van der Waals surface area contributed by atoms with Gasteiger partial charge in [0.2, 0.25) is 0 Å². The summed E-state index contributed by atoms with van der Waals surface area (Å²) in [7, 11) is 0. The highest BCUT2D eigenvalue weighted by molar-refractivity contribution is 5.92. The fourth-order valence-corrected chi connectivity index (χ4v) is 2.43. The Morgan fingerprint density at radius 2 is 1.57 bits per heavy atom. The molecule has 0 saturated heterocycles. The summed E-state index contributed by atoms with van der Waals surface area (Å²) in [5.41, 5.74) is 4.63. The first-order chi connectivity index (χ1) is 11.0. The van der Waals surface area contributed by atoms with E-state index in [1.165, 1.54) is 5.56 Å². The molecular formula is C18H17N3O2. The van der Waals surface area contributed by atoms with E-state index >= 15 is 0 Å². The van der Waals surface area contributed by atoms with Gasteiger partial charge in [-0.15, -0.1) is 5.10 Å². The van der Waals surface area contributed by atoms with Crippen molar-refractivity contribution >= 4 is 5.97 Å². The van der Waals surface area contributed by atoms with E-state index in [2.05, 4.69) is 10.3 Å². The minimum Gasteiger partial charge on any atom is -0.476 e. The molecule has 3 aromatic rings. The van der Waals surface area contributed by atoms with Crippen molar-refractivity contribution in [3.63, 3.8) is 0 Å². The molecule has 5 nitrogen and oxygen atoms in total. The van der Waals surface area contributed by atoms with Gasteiger partial charge in [-0.05, 0) is 19.4 Å². The molecule has 0 unspecified atom stereocenters. The summed E-state index contributed by atoms with van der Waals surface area (Å²) >= 11 is 0. The van der Waals surface area contributed by atoms with Gasteiger partial charge in [-0.1, -0.05) is 64.9 Å². The van der Waals surface area contributed by atoms with Crippen LogP contribution in [0.4, 0.5) is 0 Å². The number of carboxylic acids is 1. The van der Waals surface area contributed by atoms with Gasteiger partial charge in [0.05, 0.1) is 6.54 Å². The molecular weight excluding hydrogens is 290 g/mol. The predicted molar refractivity (Wildman–Crippen MR) is 87.4 cm³/mol. The van der Waals surface area contributed by atoms with Crippen molar-refractivity contribution in [2.45, 2.75) is 20.4 Å². The Kier molecular flexibility index (Phi) is 3.93. The van der Waals surface area contributed by atoms with E-state index < -0.39 is 5.97 Å². The number of aromatic nitrogens is 3. The zero-order valence-corrected chi connectivity index (χ0v) is 13.0. The smallest absolute Gasteiger partial charge is 0.358 e. The topological polar surface area (TPSA) is 68.0 Å². The zero-order chi connectivity index (χ0) is 16.4. The second kappa shape index (κ2) is 6.04. The van der Waals surface area contributed by atoms with Gasteiger partial charge in [-0.2, -0.15) is 0 Å². The number of hydrogen-bond donors (Lipinski definition) is 1. The second-order valence-electron chi connectivity index (χ2n) is 5.60. The van der Waals surface area contributed by atoms with Crippen LogP contribution in [-0.2, 0) is 6.54 Å². The van der Waals surface area contributed by atoms with Gasteiger partial charge in [0.25, 0.3) is 0 Å². The van der Waals surface area contributed by atoms with E-state index in [4.69, 9.17) is 0 Å². The van der Waals surface area contributed by atoms with E-state index in [9.17, 15) is 9.90 Å². The lowest BCUT2D eigenvalue weighted by Crippen LogP contribution is -2.06. The average Bonchev–Trinajstić information content (AvgIpc) is 2.94. The highest BCUT2D eigenvalue weighted by Gasteiger charge is 2.20. The van der Waals surface area contributed by atoms with Crippen LogP contribution in [0.5, 0.6) is 0 Å². The molecule has 3 rings (SSSR count). The molecule has 0 fully saturated rings. The molecule has 0 saturated carbocycles. The predicted octanol–water partition coefficient (Wildman–Crippen LogP) is 3.31. The summed E-state index contributed by atoms with van der Waals surface area (Å²) in [5.74, 6) is -1.07. The lowest BCUT2D eigenvalue weighted by Gasteiger charge is -2.08. The number of aryl methyl sites for hydroxylation is 2. The highest BCUT2D eigenvalue weighted by atomic mass is 16.4. The van der Waals surface area contributed by atoms with Gasteiger partial charge in [-0.25, -0.2) is 9.48 Å². The van der Waals surface area contributed by atoms with Gasteiger partial charge in [0.1, 0.15) is 5.69 Å². The van der Waals surface area contributed by atoms with Gasteiger partial charge < -0.3 is 5.11 Å². The third-order valence-electron chi connectivity index (χ3n) is 3.72. The number of nitrogens with zero attached hydrogens (tertiary/aromatic N) is 3. The molecule has 0 aliphatic rings. The molecule has 1 N–H and O–H groups in total. The molecule has 116 valence electrons. The fraction of sp³-hybridized carbons (Fsp3) is 0.167. The molecule has 0 aliphatic heterocycles. The van der Waals surface area contributed by atoms with Gasteiger partial charge >= 0.3 is 5.97 Å². The largest absolute Gasteiger partial charge is 0.476 e. The number of aromatic carboxylic acids is 1. The van der Waals surface area contributed by atoms with Crippen molar-refractivity contribution in [3.8, 4) is 11.3 Å². The van der Waals surface area contributed by atoms with Gasteiger partial charge in [-0.3, -0.25) is 0 Å². The molecule has 0 aliphatic carbocycles. The third kappa shape index (κ3) is 3.13. The first-order valence-corrected chi connectivity index (χ1v) is 7.34. The van der Waals surface area contributed by atoms with Crippen LogP contribution in [0, 0.1) is 13.8 Å². The van der Waals surface area contributed by atoms with Gasteiger partial charge in [0, 0.05) is 5.56 Å². The first kappa shape index (κ1) is 15.0. The van der Waals surface area contributed by atoms with Crippen LogP contribution in [0.3, 0.4) is 0 Å². The number of benzene rings is 2. The minimum atomic E-state index is -1.07. The summed E-state index contributed by atoms with van der Waals surface area (Å²) in [6.07, 6.45) is 0. The van der Waals surface area contributed by atoms with Crippen molar-refractivity contribution in [1.29, 1.82) is 0 Å². The van der Waals surface area contributed by atoms with E-state index in [-0.39, 0.29) is 5.69 Å². The Morgan fingerprint density at radius 1 is 1.00 bits per heavy atom. The van der Waals surface area contributed by atoms with Crippen LogP contribution in [-0.4, -0.2) is 26.1 Å². The van der Waals surface area contributed by atoms with Crippen LogP contribution in [0.2, 0.25) is 0 Å². The van der Waals surface area contributed by atoms with Crippen LogP contribution in [0.1, 0.15) is 27.2 Å². The Labute approximate surface area is 134 Å². The fourth-order valence-electron chi connectivity index (χ4n) is 2.43. The summed E-state index contributed by atoms with van der Waals surface area (Å²) in [6.45, 7) is 4.49. The van der Waals surface area contributed by atoms with Crippen molar-refractivity contribution in [2.24, 2.45) is 0 Å². The Morgan fingerprint density at radius 3 is 2.13 bits per heavy atom. The normalized spacial score (nSPS) is 10.7. The van der Waals surface area contributed by atoms with E-state index in [1.54, 1.807) is 4.68 Å². The standard InChI is InChI=1S/C18H17N3O2/c1-12-3-7-14(8-4-12)11-21-17(16(18(22)23)19-20-21)15-9-5-13(2)6-10-15/h3-10H,11H2,1-2H3,(H,22,23). The molecule has 0 spiro atoms. The molecule has 5 heteroatoms. The molecule has 23 heavy (non-hydrogen) atoms. The highest BCUT2D eigenvalue weighted by Crippen LogP contribution is 2.23. The van der Waals surface area contributed by atoms with Crippen LogP contribution >= 0.6 is 0 Å². The monoisotopic (exact) mass is 307 g/mol. The van der Waals surface area contributed by atoms with E-state index in [1.807, 2.05) is 62.4 Å². The first-order valence-electron chi connectivity index (χ1n) is 7.34. The van der Waals surface area contributed by atoms with Crippen LogP contribution < -0.4 is 0 Å². The minimum absolute atomic E-state index is 0.0269. The lowest BCUT2D eigenvalue weighted by molar-refractivity contribution is 0.0691. The SMILES string of the molecule is Cc1ccc(Cn2nnc(C(=O)O)c2-c2ccc(C)cc2)cc1. The maximum absolute atomic E-state index is 11.5. The zero-order valence-electron chi connectivity index (χ0n) is 13.0. The average molecular weight is 307 g/mol. The number of carbonyl (C=O) groups is 1. The maximum Gasteiger partial charge on any atom is 0.358 e. The molecule has 0 atom stereocenters. The van der Waals surface area contributed by atoms with Gasteiger partial charge in [0.15, 0.2) is 5.69 Å². The van der Waals surface area contributed by atoms with Crippen molar-refractivity contribution in [1.82, 2.24) is 15.0 Å². The summed E-state index contributed by atoms with van der Waals surface area (Å²) < 4.78 is 1.64. The summed E-state index contributed by atoms with van der Waals surface area (Å²) in [4.78, 5) is 11.5. The number of rotatable bonds is 4. The number of hydrogen-bond acceptors (Lipinski definition) is 3. The Bertz CT molecular complexity index is 834. The lowest BCUT2D eigenvalue weighted by atomic mass is 10.1. The van der Waals surface area contributed by atoms with Crippen LogP contribution in [0.15, 0.2) is 48.5 Å². The van der Waals surface area contributed by atoms with Crippen molar-refractivity contribution in [3.05, 3.63) is 70.9 Å². The molecule has 2 aromatic carbocycles. The third-order valence-corrected chi connectivity index (χ3v) is 3.72. The quantitative estimate of drug-likeness (QED) is 0.803. The number of carboxylic acid groups (broad SMARTS) is 1. The summed E-state index contributed by atoms with van der Waals surface area (Å²) in [6, 6.07) is 15.8. The molecule has 1 aromatic heterocycles. The Balaban J connectivity index is 2.05. The summed E-state index contributed by atoms with van der Waals surface area (Å²) in [5, 5.41) is 17.3. The van der Waals surface area contributed by atoms with E-state index in [0.29, 0.717) is 12.2 Å². The molecule has 1 heterocycles. The van der Waals surface area contributed by atoms with Crippen LogP contribution in [0.25, 0.3) is 11.3 Å². The molecule has 0 amide bonds. The van der Waals surface area contributed by atoms with Crippen molar-refractivity contribution < 1.29 is 9.90 Å². The van der Waals surface area contributed by atoms with Crippen molar-refractivity contribution in [2.75, 3.05) is 0 Å². The Hall–Kier alpha value is -2.95. The molecule has 0 radical (unpaired) electrons. The maximum atomic E-state index is 11.5. The van der Waals surface area contributed by atoms with E-state index in [0.717, 1.165) is 16.7 Å².